The van der Waals surface area contributed by atoms with Gasteiger partial charge in [0.05, 0.1) is 17.3 Å². The van der Waals surface area contributed by atoms with Crippen molar-refractivity contribution in [2.24, 2.45) is 5.92 Å². The number of benzene rings is 1. The maximum absolute atomic E-state index is 12.3. The number of nitrogens with zero attached hydrogens (tertiary/aromatic N) is 3. The molecule has 23 heavy (non-hydrogen) atoms. The Morgan fingerprint density at radius 1 is 1.22 bits per heavy atom. The molecule has 1 aliphatic rings. The lowest BCUT2D eigenvalue weighted by molar-refractivity contribution is -0.145. The number of rotatable bonds is 4. The summed E-state index contributed by atoms with van der Waals surface area (Å²) in [5.41, 5.74) is 2.90. The monoisotopic (exact) mass is 314 g/mol. The fourth-order valence-corrected chi connectivity index (χ4v) is 2.66. The lowest BCUT2D eigenvalue weighted by Crippen LogP contribution is -2.46. The molecule has 1 fully saturated rings. The molecule has 0 unspecified atom stereocenters. The predicted molar refractivity (Wildman–Crippen MR) is 82.4 cm³/mol. The average Bonchev–Trinajstić information content (AvgIpc) is 2.84. The molecule has 3 rings (SSSR count). The first-order valence-corrected chi connectivity index (χ1v) is 7.48. The van der Waals surface area contributed by atoms with Crippen LogP contribution in [0.3, 0.4) is 0 Å². The molecule has 7 nitrogen and oxygen atoms in total. The van der Waals surface area contributed by atoms with E-state index < -0.39 is 5.97 Å². The van der Waals surface area contributed by atoms with Gasteiger partial charge in [-0.2, -0.15) is 0 Å². The van der Waals surface area contributed by atoms with Gasteiger partial charge in [-0.3, -0.25) is 9.59 Å². The van der Waals surface area contributed by atoms with Crippen LogP contribution >= 0.6 is 0 Å². The van der Waals surface area contributed by atoms with Gasteiger partial charge in [0.25, 0.3) is 5.91 Å². The van der Waals surface area contributed by atoms with Gasteiger partial charge in [0.1, 0.15) is 0 Å². The van der Waals surface area contributed by atoms with Gasteiger partial charge < -0.3 is 10.4 Å². The molecule has 0 bridgehead atoms. The van der Waals surface area contributed by atoms with Gasteiger partial charge in [-0.05, 0) is 38.8 Å². The number of aliphatic carboxylic acids is 1. The van der Waals surface area contributed by atoms with Crippen LogP contribution in [-0.2, 0) is 4.79 Å². The number of hydrogen-bond acceptors (Lipinski definition) is 4. The zero-order valence-corrected chi connectivity index (χ0v) is 13.0. The lowest BCUT2D eigenvalue weighted by atomic mass is 9.80. The number of amides is 1. The Labute approximate surface area is 133 Å². The summed E-state index contributed by atoms with van der Waals surface area (Å²) < 4.78 is 1.62. The molecule has 2 N–H and O–H groups in total. The maximum atomic E-state index is 12.3. The van der Waals surface area contributed by atoms with Crippen LogP contribution < -0.4 is 5.32 Å². The van der Waals surface area contributed by atoms with Crippen molar-refractivity contribution in [1.82, 2.24) is 20.3 Å². The fourth-order valence-electron chi connectivity index (χ4n) is 2.66. The smallest absolute Gasteiger partial charge is 0.306 e. The summed E-state index contributed by atoms with van der Waals surface area (Å²) in [4.78, 5) is 23.1. The summed E-state index contributed by atoms with van der Waals surface area (Å²) >= 11 is 0. The minimum Gasteiger partial charge on any atom is -0.481 e. The van der Waals surface area contributed by atoms with E-state index in [1.54, 1.807) is 11.6 Å². The molecular formula is C16H18N4O3. The van der Waals surface area contributed by atoms with Crippen molar-refractivity contribution < 1.29 is 14.7 Å². The van der Waals surface area contributed by atoms with Gasteiger partial charge in [0.2, 0.25) is 0 Å². The fraction of sp³-hybridized carbons (Fsp3) is 0.375. The first-order valence-electron chi connectivity index (χ1n) is 7.48. The number of carbonyl (C=O) groups excluding carboxylic acids is 1. The molecule has 0 radical (unpaired) electrons. The van der Waals surface area contributed by atoms with E-state index in [4.69, 9.17) is 5.11 Å². The Bertz CT molecular complexity index is 745. The number of carboxylic acid groups (broad SMARTS) is 1. The van der Waals surface area contributed by atoms with Crippen molar-refractivity contribution >= 4 is 11.9 Å². The largest absolute Gasteiger partial charge is 0.481 e. The molecule has 1 amide bonds. The molecule has 1 aromatic heterocycles. The standard InChI is InChI=1S/C16H18N4O3/c1-9-3-5-13(6-4-9)20-10(2)14(18-19-20)15(21)17-12-7-11(8-12)16(22)23/h3-6,11-12H,7-8H2,1-2H3,(H,17,21)(H,22,23). The van der Waals surface area contributed by atoms with Gasteiger partial charge in [-0.1, -0.05) is 22.9 Å². The second-order valence-electron chi connectivity index (χ2n) is 5.95. The van der Waals surface area contributed by atoms with Crippen LogP contribution in [0.25, 0.3) is 5.69 Å². The van der Waals surface area contributed by atoms with Gasteiger partial charge in [0.15, 0.2) is 5.69 Å². The number of hydrogen-bond donors (Lipinski definition) is 2. The molecule has 1 saturated carbocycles. The molecule has 1 heterocycles. The number of nitrogens with one attached hydrogen (secondary N) is 1. The van der Waals surface area contributed by atoms with Crippen molar-refractivity contribution in [2.75, 3.05) is 0 Å². The number of carbonyl (C=O) groups is 2. The summed E-state index contributed by atoms with van der Waals surface area (Å²) in [6, 6.07) is 7.67. The van der Waals surface area contributed by atoms with Crippen LogP contribution in [0.5, 0.6) is 0 Å². The topological polar surface area (TPSA) is 97.1 Å². The van der Waals surface area contributed by atoms with Crippen molar-refractivity contribution in [2.45, 2.75) is 32.7 Å². The third-order valence-corrected chi connectivity index (χ3v) is 4.21. The Balaban J connectivity index is 1.70. The van der Waals surface area contributed by atoms with Gasteiger partial charge in [0, 0.05) is 6.04 Å². The minimum absolute atomic E-state index is 0.104. The first-order chi connectivity index (χ1) is 11.0. The van der Waals surface area contributed by atoms with Crippen LogP contribution in [0.4, 0.5) is 0 Å². The molecule has 1 aromatic carbocycles. The van der Waals surface area contributed by atoms with E-state index in [0.29, 0.717) is 18.5 Å². The van der Waals surface area contributed by atoms with E-state index in [1.165, 1.54) is 0 Å². The highest BCUT2D eigenvalue weighted by Crippen LogP contribution is 2.27. The number of aryl methyl sites for hydroxylation is 1. The molecule has 120 valence electrons. The molecular weight excluding hydrogens is 296 g/mol. The highest BCUT2D eigenvalue weighted by Gasteiger charge is 2.36. The van der Waals surface area contributed by atoms with Crippen LogP contribution in [0, 0.1) is 19.8 Å². The summed E-state index contributed by atoms with van der Waals surface area (Å²) in [7, 11) is 0. The van der Waals surface area contributed by atoms with Crippen LogP contribution in [0.15, 0.2) is 24.3 Å². The normalized spacial score (nSPS) is 19.9. The Kier molecular flexibility index (Phi) is 3.85. The van der Waals surface area contributed by atoms with E-state index >= 15 is 0 Å². The number of aromatic nitrogens is 3. The van der Waals surface area contributed by atoms with Crippen LogP contribution in [0.2, 0.25) is 0 Å². The summed E-state index contributed by atoms with van der Waals surface area (Å²) in [6.45, 7) is 3.79. The summed E-state index contributed by atoms with van der Waals surface area (Å²) in [5, 5.41) is 19.7. The van der Waals surface area contributed by atoms with Crippen molar-refractivity contribution in [3.63, 3.8) is 0 Å². The van der Waals surface area contributed by atoms with Gasteiger partial charge in [-0.25, -0.2) is 4.68 Å². The second kappa shape index (κ2) is 5.83. The third kappa shape index (κ3) is 2.94. The molecule has 1 aliphatic carbocycles. The first kappa shape index (κ1) is 15.2. The van der Waals surface area contributed by atoms with E-state index in [-0.39, 0.29) is 23.6 Å². The maximum Gasteiger partial charge on any atom is 0.306 e. The van der Waals surface area contributed by atoms with E-state index in [2.05, 4.69) is 15.6 Å². The van der Waals surface area contributed by atoms with Crippen LogP contribution in [0.1, 0.15) is 34.6 Å². The molecule has 0 atom stereocenters. The van der Waals surface area contributed by atoms with Crippen molar-refractivity contribution in [3.05, 3.63) is 41.2 Å². The SMILES string of the molecule is Cc1ccc(-n2nnc(C(=O)NC3CC(C(=O)O)C3)c2C)cc1. The average molecular weight is 314 g/mol. The Hall–Kier alpha value is -2.70. The Morgan fingerprint density at radius 3 is 2.48 bits per heavy atom. The van der Waals surface area contributed by atoms with Crippen LogP contribution in [-0.4, -0.2) is 38.0 Å². The molecule has 0 saturated heterocycles. The molecule has 7 heteroatoms. The molecule has 0 spiro atoms. The second-order valence-corrected chi connectivity index (χ2v) is 5.95. The highest BCUT2D eigenvalue weighted by atomic mass is 16.4. The van der Waals surface area contributed by atoms with Gasteiger partial charge in [-0.15, -0.1) is 5.10 Å². The lowest BCUT2D eigenvalue weighted by Gasteiger charge is -2.32. The number of carboxylic acids is 1. The van der Waals surface area contributed by atoms with E-state index in [0.717, 1.165) is 11.3 Å². The van der Waals surface area contributed by atoms with E-state index in [1.807, 2.05) is 31.2 Å². The predicted octanol–water partition coefficient (Wildman–Crippen LogP) is 1.48. The Morgan fingerprint density at radius 2 is 1.87 bits per heavy atom. The highest BCUT2D eigenvalue weighted by molar-refractivity contribution is 5.93. The minimum atomic E-state index is -0.808. The third-order valence-electron chi connectivity index (χ3n) is 4.21. The molecule has 0 aliphatic heterocycles. The molecule has 2 aromatic rings. The quantitative estimate of drug-likeness (QED) is 0.891. The van der Waals surface area contributed by atoms with E-state index in [9.17, 15) is 9.59 Å². The van der Waals surface area contributed by atoms with Crippen molar-refractivity contribution in [3.8, 4) is 5.69 Å². The van der Waals surface area contributed by atoms with Crippen molar-refractivity contribution in [1.29, 1.82) is 0 Å². The zero-order chi connectivity index (χ0) is 16.6. The summed E-state index contributed by atoms with van der Waals surface area (Å²) in [6.07, 6.45) is 0.929. The zero-order valence-electron chi connectivity index (χ0n) is 13.0. The van der Waals surface area contributed by atoms with Gasteiger partial charge >= 0.3 is 5.97 Å². The summed E-state index contributed by atoms with van der Waals surface area (Å²) in [5.74, 6) is -1.48.